The van der Waals surface area contributed by atoms with Crippen LogP contribution in [0.1, 0.15) is 17.3 Å². The molecule has 0 aliphatic rings. The highest BCUT2D eigenvalue weighted by Gasteiger charge is 2.18. The molecule has 1 N–H and O–H groups in total. The lowest BCUT2D eigenvalue weighted by Crippen LogP contribution is -2.33. The van der Waals surface area contributed by atoms with Gasteiger partial charge in [0, 0.05) is 24.7 Å². The van der Waals surface area contributed by atoms with Crippen molar-refractivity contribution in [3.63, 3.8) is 0 Å². The monoisotopic (exact) mass is 256 g/mol. The maximum atomic E-state index is 13.2. The largest absolute Gasteiger partial charge is 0.395 e. The number of aliphatic hydroxyl groups is 1. The number of aliphatic hydroxyl groups excluding tert-OH is 1. The average Bonchev–Trinajstić information content (AvgIpc) is 2.34. The quantitative estimate of drug-likeness (QED) is 0.633. The molecule has 0 aliphatic carbocycles. The molecule has 0 aromatic heterocycles. The van der Waals surface area contributed by atoms with E-state index in [4.69, 9.17) is 5.11 Å². The Morgan fingerprint density at radius 2 is 2.17 bits per heavy atom. The summed E-state index contributed by atoms with van der Waals surface area (Å²) in [7, 11) is 0. The van der Waals surface area contributed by atoms with Crippen LogP contribution in [0.5, 0.6) is 0 Å². The van der Waals surface area contributed by atoms with Crippen LogP contribution < -0.4 is 0 Å². The van der Waals surface area contributed by atoms with Gasteiger partial charge in [0.15, 0.2) is 0 Å². The number of benzene rings is 1. The molecule has 1 rings (SSSR count). The molecule has 0 aliphatic heterocycles. The maximum Gasteiger partial charge on any atom is 0.273 e. The summed E-state index contributed by atoms with van der Waals surface area (Å²) in [5, 5.41) is 19.4. The van der Waals surface area contributed by atoms with Crippen molar-refractivity contribution in [1.82, 2.24) is 4.90 Å². The smallest absolute Gasteiger partial charge is 0.273 e. The number of nitrogens with zero attached hydrogens (tertiary/aromatic N) is 2. The van der Waals surface area contributed by atoms with E-state index in [1.54, 1.807) is 6.92 Å². The molecule has 1 aromatic rings. The third-order valence-corrected chi connectivity index (χ3v) is 2.38. The number of carbonyl (C=O) groups excluding carboxylic acids is 1. The highest BCUT2D eigenvalue weighted by atomic mass is 19.1. The van der Waals surface area contributed by atoms with Crippen molar-refractivity contribution >= 4 is 11.6 Å². The zero-order valence-corrected chi connectivity index (χ0v) is 9.80. The molecular weight excluding hydrogens is 243 g/mol. The molecule has 0 saturated carbocycles. The minimum atomic E-state index is -0.840. The Balaban J connectivity index is 3.08. The zero-order valence-electron chi connectivity index (χ0n) is 9.80. The van der Waals surface area contributed by atoms with E-state index in [9.17, 15) is 19.3 Å². The number of rotatable bonds is 5. The maximum absolute atomic E-state index is 13.2. The minimum absolute atomic E-state index is 0.0969. The Labute approximate surface area is 103 Å². The Morgan fingerprint density at radius 1 is 1.50 bits per heavy atom. The highest BCUT2D eigenvalue weighted by molar-refractivity contribution is 5.94. The number of halogens is 1. The molecular formula is C11H13FN2O4. The fourth-order valence-corrected chi connectivity index (χ4v) is 1.51. The van der Waals surface area contributed by atoms with Crippen LogP contribution in [0, 0.1) is 15.9 Å². The van der Waals surface area contributed by atoms with Gasteiger partial charge in [-0.15, -0.1) is 0 Å². The number of hydrogen-bond donors (Lipinski definition) is 1. The van der Waals surface area contributed by atoms with Gasteiger partial charge in [-0.05, 0) is 13.0 Å². The number of carbonyl (C=O) groups is 1. The lowest BCUT2D eigenvalue weighted by Gasteiger charge is -2.19. The van der Waals surface area contributed by atoms with Gasteiger partial charge >= 0.3 is 0 Å². The van der Waals surface area contributed by atoms with Gasteiger partial charge in [-0.3, -0.25) is 14.9 Å². The lowest BCUT2D eigenvalue weighted by atomic mass is 10.1. The molecule has 7 heteroatoms. The molecule has 0 fully saturated rings. The number of non-ortho nitro benzene ring substituents is 1. The number of nitro benzene ring substituents is 1. The van der Waals surface area contributed by atoms with Gasteiger partial charge in [-0.25, -0.2) is 4.39 Å². The van der Waals surface area contributed by atoms with Crippen molar-refractivity contribution in [2.24, 2.45) is 0 Å². The van der Waals surface area contributed by atoms with Gasteiger partial charge in [-0.2, -0.15) is 0 Å². The first-order valence-corrected chi connectivity index (χ1v) is 5.34. The summed E-state index contributed by atoms with van der Waals surface area (Å²) in [5.74, 6) is -1.39. The van der Waals surface area contributed by atoms with E-state index in [0.29, 0.717) is 6.54 Å². The molecule has 0 heterocycles. The Bertz CT molecular complexity index is 464. The summed E-state index contributed by atoms with van der Waals surface area (Å²) in [6.07, 6.45) is 0. The molecule has 0 unspecified atom stereocenters. The predicted octanol–water partition coefficient (Wildman–Crippen LogP) is 1.19. The predicted molar refractivity (Wildman–Crippen MR) is 61.7 cm³/mol. The van der Waals surface area contributed by atoms with Crippen molar-refractivity contribution in [2.45, 2.75) is 6.92 Å². The van der Waals surface area contributed by atoms with Crippen molar-refractivity contribution < 1.29 is 19.2 Å². The van der Waals surface area contributed by atoms with Crippen LogP contribution in [0.2, 0.25) is 0 Å². The molecule has 0 spiro atoms. The van der Waals surface area contributed by atoms with Gasteiger partial charge in [0.2, 0.25) is 0 Å². The second kappa shape index (κ2) is 6.06. The van der Waals surface area contributed by atoms with Crippen molar-refractivity contribution in [2.75, 3.05) is 19.7 Å². The summed E-state index contributed by atoms with van der Waals surface area (Å²) < 4.78 is 13.2. The minimum Gasteiger partial charge on any atom is -0.395 e. The topological polar surface area (TPSA) is 83.7 Å². The van der Waals surface area contributed by atoms with E-state index in [-0.39, 0.29) is 18.7 Å². The van der Waals surface area contributed by atoms with Crippen LogP contribution in [0.25, 0.3) is 0 Å². The molecule has 0 atom stereocenters. The van der Waals surface area contributed by atoms with Crippen molar-refractivity contribution in [1.29, 1.82) is 0 Å². The van der Waals surface area contributed by atoms with E-state index in [1.165, 1.54) is 4.90 Å². The van der Waals surface area contributed by atoms with Crippen LogP contribution in [-0.4, -0.2) is 40.5 Å². The van der Waals surface area contributed by atoms with Gasteiger partial charge in [-0.1, -0.05) is 0 Å². The Hall–Kier alpha value is -2.02. The molecule has 18 heavy (non-hydrogen) atoms. The summed E-state index contributed by atoms with van der Waals surface area (Å²) in [5.41, 5.74) is -0.574. The first kappa shape index (κ1) is 14.0. The SMILES string of the molecule is CCN(CCO)C(=O)c1cc(F)cc([N+](=O)[O-])c1. The normalized spacial score (nSPS) is 10.2. The van der Waals surface area contributed by atoms with Gasteiger partial charge < -0.3 is 10.0 Å². The van der Waals surface area contributed by atoms with E-state index in [0.717, 1.165) is 18.2 Å². The van der Waals surface area contributed by atoms with Gasteiger partial charge in [0.25, 0.3) is 11.6 Å². The third kappa shape index (κ3) is 3.24. The molecule has 0 bridgehead atoms. The molecule has 0 radical (unpaired) electrons. The standard InChI is InChI=1S/C11H13FN2O4/c1-2-13(3-4-15)11(16)8-5-9(12)7-10(6-8)14(17)18/h5-7,15H,2-4H2,1H3. The third-order valence-electron chi connectivity index (χ3n) is 2.38. The zero-order chi connectivity index (χ0) is 13.7. The van der Waals surface area contributed by atoms with Crippen LogP contribution >= 0.6 is 0 Å². The first-order chi connectivity index (χ1) is 8.49. The van der Waals surface area contributed by atoms with Crippen LogP contribution in [0.3, 0.4) is 0 Å². The summed E-state index contributed by atoms with van der Waals surface area (Å²) in [6, 6.07) is 2.71. The van der Waals surface area contributed by atoms with E-state index in [2.05, 4.69) is 0 Å². The first-order valence-electron chi connectivity index (χ1n) is 5.34. The molecule has 1 amide bonds. The number of hydrogen-bond acceptors (Lipinski definition) is 4. The number of amides is 1. The van der Waals surface area contributed by atoms with E-state index in [1.807, 2.05) is 0 Å². The lowest BCUT2D eigenvalue weighted by molar-refractivity contribution is -0.385. The summed E-state index contributed by atoms with van der Waals surface area (Å²) in [6.45, 7) is 1.89. The van der Waals surface area contributed by atoms with Crippen LogP contribution in [0.4, 0.5) is 10.1 Å². The Kier molecular flexibility index (Phi) is 4.73. The Morgan fingerprint density at radius 3 is 2.67 bits per heavy atom. The molecule has 6 nitrogen and oxygen atoms in total. The van der Waals surface area contributed by atoms with E-state index >= 15 is 0 Å². The summed E-state index contributed by atoms with van der Waals surface area (Å²) in [4.78, 5) is 23.0. The highest BCUT2D eigenvalue weighted by Crippen LogP contribution is 2.17. The average molecular weight is 256 g/mol. The fourth-order valence-electron chi connectivity index (χ4n) is 1.51. The van der Waals surface area contributed by atoms with Gasteiger partial charge in [0.05, 0.1) is 17.6 Å². The number of likely N-dealkylation sites (N-methyl/N-ethyl adjacent to an activating group) is 1. The second-order valence-corrected chi connectivity index (χ2v) is 3.56. The number of nitro groups is 1. The van der Waals surface area contributed by atoms with Gasteiger partial charge in [0.1, 0.15) is 5.82 Å². The van der Waals surface area contributed by atoms with E-state index < -0.39 is 22.3 Å². The second-order valence-electron chi connectivity index (χ2n) is 3.56. The van der Waals surface area contributed by atoms with Crippen molar-refractivity contribution in [3.05, 3.63) is 39.7 Å². The fraction of sp³-hybridized carbons (Fsp3) is 0.364. The van der Waals surface area contributed by atoms with Crippen molar-refractivity contribution in [3.8, 4) is 0 Å². The summed E-state index contributed by atoms with van der Waals surface area (Å²) >= 11 is 0. The van der Waals surface area contributed by atoms with Crippen LogP contribution in [-0.2, 0) is 0 Å². The molecule has 98 valence electrons. The van der Waals surface area contributed by atoms with Crippen LogP contribution in [0.15, 0.2) is 18.2 Å². The molecule has 0 saturated heterocycles. The molecule has 1 aromatic carbocycles.